The van der Waals surface area contributed by atoms with Crippen LogP contribution in [0.2, 0.25) is 0 Å². The molecule has 0 aliphatic rings. The Bertz CT molecular complexity index is 278. The number of hydrogen-bond acceptors (Lipinski definition) is 3. The van der Waals surface area contributed by atoms with Crippen molar-refractivity contribution in [2.24, 2.45) is 5.92 Å². The number of carboxylic acids is 1. The molecule has 0 saturated heterocycles. The number of nitrogens with one attached hydrogen (secondary N) is 1. The minimum absolute atomic E-state index is 0.0502. The van der Waals surface area contributed by atoms with Gasteiger partial charge in [0, 0.05) is 20.5 Å². The number of amides is 2. The predicted molar refractivity (Wildman–Crippen MR) is 57.7 cm³/mol. The SMILES string of the molecule is CCC(CNC(=O)CN(C)C(C)=O)C(=O)O. The molecule has 16 heavy (non-hydrogen) atoms. The molecule has 92 valence electrons. The standard InChI is InChI=1S/C10H18N2O4/c1-4-8(10(15)16)5-11-9(14)6-12(3)7(2)13/h8H,4-6H2,1-3H3,(H,11,14)(H,15,16). The van der Waals surface area contributed by atoms with E-state index >= 15 is 0 Å². The van der Waals surface area contributed by atoms with E-state index in [1.54, 1.807) is 6.92 Å². The first-order chi connectivity index (χ1) is 7.38. The van der Waals surface area contributed by atoms with Crippen LogP contribution in [0.15, 0.2) is 0 Å². The molecule has 2 amide bonds. The highest BCUT2D eigenvalue weighted by Crippen LogP contribution is 2.00. The quantitative estimate of drug-likeness (QED) is 0.655. The number of carbonyl (C=O) groups excluding carboxylic acids is 2. The third kappa shape index (κ3) is 5.33. The minimum Gasteiger partial charge on any atom is -0.481 e. The summed E-state index contributed by atoms with van der Waals surface area (Å²) in [4.78, 5) is 34.1. The lowest BCUT2D eigenvalue weighted by Crippen LogP contribution is -2.40. The first kappa shape index (κ1) is 14.4. The Labute approximate surface area is 94.6 Å². The molecule has 0 radical (unpaired) electrons. The summed E-state index contributed by atoms with van der Waals surface area (Å²) in [6.07, 6.45) is 0.457. The van der Waals surface area contributed by atoms with Gasteiger partial charge in [-0.3, -0.25) is 14.4 Å². The smallest absolute Gasteiger partial charge is 0.308 e. The summed E-state index contributed by atoms with van der Waals surface area (Å²) >= 11 is 0. The van der Waals surface area contributed by atoms with Crippen LogP contribution in [0.25, 0.3) is 0 Å². The van der Waals surface area contributed by atoms with Crippen molar-refractivity contribution in [2.75, 3.05) is 20.1 Å². The molecule has 0 saturated carbocycles. The van der Waals surface area contributed by atoms with Gasteiger partial charge in [-0.15, -0.1) is 0 Å². The summed E-state index contributed by atoms with van der Waals surface area (Å²) in [6, 6.07) is 0. The van der Waals surface area contributed by atoms with Crippen LogP contribution in [0.1, 0.15) is 20.3 Å². The second-order valence-electron chi connectivity index (χ2n) is 3.62. The largest absolute Gasteiger partial charge is 0.481 e. The molecule has 0 fully saturated rings. The van der Waals surface area contributed by atoms with Crippen LogP contribution in [-0.2, 0) is 14.4 Å². The molecule has 0 aromatic heterocycles. The van der Waals surface area contributed by atoms with E-state index in [-0.39, 0.29) is 24.9 Å². The van der Waals surface area contributed by atoms with Gasteiger partial charge < -0.3 is 15.3 Å². The molecule has 0 heterocycles. The fourth-order valence-electron chi connectivity index (χ4n) is 1.03. The van der Waals surface area contributed by atoms with Gasteiger partial charge in [-0.25, -0.2) is 0 Å². The Kier molecular flexibility index (Phi) is 6.14. The van der Waals surface area contributed by atoms with Crippen molar-refractivity contribution >= 4 is 17.8 Å². The van der Waals surface area contributed by atoms with Crippen LogP contribution in [-0.4, -0.2) is 47.9 Å². The molecule has 0 bridgehead atoms. The molecular formula is C10H18N2O4. The van der Waals surface area contributed by atoms with Crippen LogP contribution in [0.4, 0.5) is 0 Å². The molecule has 2 N–H and O–H groups in total. The van der Waals surface area contributed by atoms with E-state index in [0.29, 0.717) is 6.42 Å². The second-order valence-corrected chi connectivity index (χ2v) is 3.62. The summed E-state index contributed by atoms with van der Waals surface area (Å²) in [5.74, 6) is -2.06. The zero-order valence-corrected chi connectivity index (χ0v) is 9.82. The number of rotatable bonds is 6. The molecule has 0 rings (SSSR count). The molecule has 1 atom stereocenters. The first-order valence-electron chi connectivity index (χ1n) is 5.09. The van der Waals surface area contributed by atoms with Crippen molar-refractivity contribution in [2.45, 2.75) is 20.3 Å². The average Bonchev–Trinajstić information content (AvgIpc) is 2.17. The highest BCUT2D eigenvalue weighted by Gasteiger charge is 2.16. The average molecular weight is 230 g/mol. The third-order valence-electron chi connectivity index (χ3n) is 2.31. The van der Waals surface area contributed by atoms with Crippen LogP contribution < -0.4 is 5.32 Å². The number of hydrogen-bond donors (Lipinski definition) is 2. The van der Waals surface area contributed by atoms with Crippen molar-refractivity contribution in [3.8, 4) is 0 Å². The van der Waals surface area contributed by atoms with Gasteiger partial charge in [-0.2, -0.15) is 0 Å². The predicted octanol–water partition coefficient (Wildman–Crippen LogP) is -0.308. The summed E-state index contributed by atoms with van der Waals surface area (Å²) in [5, 5.41) is 11.2. The van der Waals surface area contributed by atoms with E-state index in [9.17, 15) is 14.4 Å². The fourth-order valence-corrected chi connectivity index (χ4v) is 1.03. The first-order valence-corrected chi connectivity index (χ1v) is 5.09. The summed E-state index contributed by atoms with van der Waals surface area (Å²) in [6.45, 7) is 3.15. The lowest BCUT2D eigenvalue weighted by molar-refractivity contribution is -0.142. The maximum Gasteiger partial charge on any atom is 0.308 e. The monoisotopic (exact) mass is 230 g/mol. The van der Waals surface area contributed by atoms with Crippen LogP contribution in [0.3, 0.4) is 0 Å². The van der Waals surface area contributed by atoms with Gasteiger partial charge >= 0.3 is 5.97 Å². The Morgan fingerprint density at radius 2 is 1.94 bits per heavy atom. The van der Waals surface area contributed by atoms with E-state index in [1.165, 1.54) is 18.9 Å². The lowest BCUT2D eigenvalue weighted by Gasteiger charge is -2.15. The van der Waals surface area contributed by atoms with Crippen LogP contribution >= 0.6 is 0 Å². The highest BCUT2D eigenvalue weighted by atomic mass is 16.4. The van der Waals surface area contributed by atoms with Crippen molar-refractivity contribution in [3.05, 3.63) is 0 Å². The zero-order chi connectivity index (χ0) is 12.7. The Balaban J connectivity index is 3.97. The molecule has 1 unspecified atom stereocenters. The Morgan fingerprint density at radius 3 is 2.31 bits per heavy atom. The van der Waals surface area contributed by atoms with Crippen molar-refractivity contribution in [1.82, 2.24) is 10.2 Å². The van der Waals surface area contributed by atoms with Gasteiger partial charge in [0.2, 0.25) is 11.8 Å². The van der Waals surface area contributed by atoms with Gasteiger partial charge in [0.25, 0.3) is 0 Å². The molecule has 6 heteroatoms. The molecule has 0 aliphatic heterocycles. The summed E-state index contributed by atoms with van der Waals surface area (Å²) in [5.41, 5.74) is 0. The topological polar surface area (TPSA) is 86.7 Å². The molecule has 6 nitrogen and oxygen atoms in total. The molecule has 0 aromatic carbocycles. The Morgan fingerprint density at radius 1 is 1.38 bits per heavy atom. The van der Waals surface area contributed by atoms with Crippen molar-refractivity contribution in [1.29, 1.82) is 0 Å². The number of carboxylic acid groups (broad SMARTS) is 1. The number of nitrogens with zero attached hydrogens (tertiary/aromatic N) is 1. The van der Waals surface area contributed by atoms with E-state index in [1.807, 2.05) is 0 Å². The zero-order valence-electron chi connectivity index (χ0n) is 9.82. The van der Waals surface area contributed by atoms with Gasteiger partial charge in [-0.05, 0) is 6.42 Å². The molecule has 0 aliphatic carbocycles. The van der Waals surface area contributed by atoms with E-state index in [4.69, 9.17) is 5.11 Å². The molecular weight excluding hydrogens is 212 g/mol. The van der Waals surface area contributed by atoms with Crippen molar-refractivity contribution in [3.63, 3.8) is 0 Å². The second kappa shape index (κ2) is 6.81. The van der Waals surface area contributed by atoms with Gasteiger partial charge in [0.1, 0.15) is 0 Å². The number of carbonyl (C=O) groups is 3. The van der Waals surface area contributed by atoms with Gasteiger partial charge in [-0.1, -0.05) is 6.92 Å². The van der Waals surface area contributed by atoms with Crippen LogP contribution in [0.5, 0.6) is 0 Å². The number of likely N-dealkylation sites (N-methyl/N-ethyl adjacent to an activating group) is 1. The third-order valence-corrected chi connectivity index (χ3v) is 2.31. The fraction of sp³-hybridized carbons (Fsp3) is 0.700. The van der Waals surface area contributed by atoms with Gasteiger partial charge in [0.15, 0.2) is 0 Å². The molecule has 0 aromatic rings. The van der Waals surface area contributed by atoms with E-state index in [2.05, 4.69) is 5.32 Å². The van der Waals surface area contributed by atoms with Gasteiger partial charge in [0.05, 0.1) is 12.5 Å². The lowest BCUT2D eigenvalue weighted by atomic mass is 10.1. The van der Waals surface area contributed by atoms with Crippen molar-refractivity contribution < 1.29 is 19.5 Å². The van der Waals surface area contributed by atoms with E-state index < -0.39 is 11.9 Å². The summed E-state index contributed by atoms with van der Waals surface area (Å²) < 4.78 is 0. The highest BCUT2D eigenvalue weighted by molar-refractivity contribution is 5.83. The maximum absolute atomic E-state index is 11.3. The van der Waals surface area contributed by atoms with E-state index in [0.717, 1.165) is 0 Å². The number of aliphatic carboxylic acids is 1. The summed E-state index contributed by atoms with van der Waals surface area (Å²) in [7, 11) is 1.51. The Hall–Kier alpha value is -1.59. The maximum atomic E-state index is 11.3. The molecule has 0 spiro atoms. The van der Waals surface area contributed by atoms with Crippen LogP contribution in [0, 0.1) is 5.92 Å². The normalized spacial score (nSPS) is 11.7. The minimum atomic E-state index is -0.928.